The van der Waals surface area contributed by atoms with E-state index < -0.39 is 0 Å². The van der Waals surface area contributed by atoms with Crippen molar-refractivity contribution in [2.45, 2.75) is 51.8 Å². The molecule has 5 nitrogen and oxygen atoms in total. The monoisotopic (exact) mass is 407 g/mol. The second-order valence-electron chi connectivity index (χ2n) is 8.46. The van der Waals surface area contributed by atoms with Crippen LogP contribution in [-0.4, -0.2) is 42.1 Å². The van der Waals surface area contributed by atoms with Crippen LogP contribution in [0.2, 0.25) is 0 Å². The summed E-state index contributed by atoms with van der Waals surface area (Å²) in [7, 11) is 0. The summed E-state index contributed by atoms with van der Waals surface area (Å²) in [6.07, 6.45) is 1.43. The summed E-state index contributed by atoms with van der Waals surface area (Å²) in [5, 5.41) is 0. The molecule has 0 N–H and O–H groups in total. The quantitative estimate of drug-likeness (QED) is 0.744. The molecule has 2 atom stereocenters. The van der Waals surface area contributed by atoms with E-state index in [1.54, 1.807) is 0 Å². The number of hydrogen-bond donors (Lipinski definition) is 0. The fraction of sp³-hybridized carbons (Fsp3) is 0.440. The van der Waals surface area contributed by atoms with Crippen LogP contribution in [0, 0.1) is 19.8 Å². The fourth-order valence-corrected chi connectivity index (χ4v) is 4.61. The number of aryl methyl sites for hydroxylation is 1. The van der Waals surface area contributed by atoms with Crippen molar-refractivity contribution in [1.82, 2.24) is 4.90 Å². The van der Waals surface area contributed by atoms with Gasteiger partial charge >= 0.3 is 6.09 Å². The SMILES string of the molecule is Cc1cccc(CC(=O)C2CC3COCC(C2)N3C(=O)OCc2ccccc2)c1C. The number of fused-ring (bicyclic) bond motifs is 2. The third kappa shape index (κ3) is 4.41. The van der Waals surface area contributed by atoms with Gasteiger partial charge in [-0.05, 0) is 48.9 Å². The maximum atomic E-state index is 13.1. The molecule has 1 amide bonds. The number of amides is 1. The molecule has 2 aliphatic heterocycles. The first-order valence-electron chi connectivity index (χ1n) is 10.7. The Labute approximate surface area is 178 Å². The van der Waals surface area contributed by atoms with Crippen LogP contribution in [-0.2, 0) is 27.3 Å². The van der Waals surface area contributed by atoms with Gasteiger partial charge in [0.25, 0.3) is 0 Å². The van der Waals surface area contributed by atoms with Crippen LogP contribution in [0.4, 0.5) is 4.79 Å². The Morgan fingerprint density at radius 1 is 1.00 bits per heavy atom. The van der Waals surface area contributed by atoms with E-state index in [-0.39, 0.29) is 36.5 Å². The molecule has 0 aliphatic carbocycles. The van der Waals surface area contributed by atoms with Crippen molar-refractivity contribution in [3.63, 3.8) is 0 Å². The molecule has 2 bridgehead atoms. The first-order valence-corrected chi connectivity index (χ1v) is 10.7. The van der Waals surface area contributed by atoms with Gasteiger partial charge in [-0.3, -0.25) is 9.69 Å². The van der Waals surface area contributed by atoms with Gasteiger partial charge in [0, 0.05) is 12.3 Å². The van der Waals surface area contributed by atoms with E-state index in [9.17, 15) is 9.59 Å². The minimum atomic E-state index is -0.308. The van der Waals surface area contributed by atoms with Crippen molar-refractivity contribution >= 4 is 11.9 Å². The highest BCUT2D eigenvalue weighted by Gasteiger charge is 2.44. The molecular weight excluding hydrogens is 378 g/mol. The smallest absolute Gasteiger partial charge is 0.410 e. The van der Waals surface area contributed by atoms with E-state index in [2.05, 4.69) is 19.9 Å². The molecule has 2 fully saturated rings. The van der Waals surface area contributed by atoms with E-state index in [0.717, 1.165) is 11.1 Å². The van der Waals surface area contributed by atoms with Gasteiger partial charge in [0.1, 0.15) is 12.4 Å². The van der Waals surface area contributed by atoms with E-state index in [0.29, 0.717) is 32.5 Å². The highest BCUT2D eigenvalue weighted by atomic mass is 16.6. The number of Topliss-reactive ketones (excluding diaryl/α,β-unsaturated/α-hetero) is 1. The lowest BCUT2D eigenvalue weighted by Crippen LogP contribution is -2.60. The zero-order chi connectivity index (χ0) is 21.1. The van der Waals surface area contributed by atoms with Crippen LogP contribution in [0.15, 0.2) is 48.5 Å². The van der Waals surface area contributed by atoms with Crippen molar-refractivity contribution in [2.75, 3.05) is 13.2 Å². The van der Waals surface area contributed by atoms with E-state index >= 15 is 0 Å². The summed E-state index contributed by atoms with van der Waals surface area (Å²) in [6, 6.07) is 15.6. The minimum Gasteiger partial charge on any atom is -0.445 e. The van der Waals surface area contributed by atoms with E-state index in [1.165, 1.54) is 11.1 Å². The lowest BCUT2D eigenvalue weighted by Gasteiger charge is -2.47. The standard InChI is InChI=1S/C25H29NO4/c1-17-7-6-10-20(18(17)2)13-24(27)21-11-22-15-29-16-23(12-21)26(22)25(28)30-14-19-8-4-3-5-9-19/h3-10,21-23H,11-16H2,1-2H3. The lowest BCUT2D eigenvalue weighted by molar-refractivity contribution is -0.130. The maximum absolute atomic E-state index is 13.1. The van der Waals surface area contributed by atoms with Crippen molar-refractivity contribution in [2.24, 2.45) is 5.92 Å². The van der Waals surface area contributed by atoms with Gasteiger partial charge in [-0.2, -0.15) is 0 Å². The summed E-state index contributed by atoms with van der Waals surface area (Å²) in [4.78, 5) is 27.7. The van der Waals surface area contributed by atoms with Gasteiger partial charge in [-0.1, -0.05) is 48.5 Å². The van der Waals surface area contributed by atoms with Crippen LogP contribution in [0.1, 0.15) is 35.1 Å². The number of piperidine rings is 1. The average Bonchev–Trinajstić information content (AvgIpc) is 2.75. The average molecular weight is 408 g/mol. The molecular formula is C25H29NO4. The largest absolute Gasteiger partial charge is 0.445 e. The van der Waals surface area contributed by atoms with Crippen LogP contribution in [0.25, 0.3) is 0 Å². The maximum Gasteiger partial charge on any atom is 0.410 e. The van der Waals surface area contributed by atoms with Gasteiger partial charge in [0.05, 0.1) is 25.3 Å². The first-order chi connectivity index (χ1) is 14.5. The zero-order valence-corrected chi connectivity index (χ0v) is 17.7. The molecule has 2 aromatic rings. The highest BCUT2D eigenvalue weighted by molar-refractivity contribution is 5.84. The van der Waals surface area contributed by atoms with Crippen molar-refractivity contribution in [1.29, 1.82) is 0 Å². The van der Waals surface area contributed by atoms with Crippen LogP contribution in [0.5, 0.6) is 0 Å². The van der Waals surface area contributed by atoms with Crippen LogP contribution in [0.3, 0.4) is 0 Å². The highest BCUT2D eigenvalue weighted by Crippen LogP contribution is 2.33. The van der Waals surface area contributed by atoms with Crippen molar-refractivity contribution < 1.29 is 19.1 Å². The number of morpholine rings is 1. The Morgan fingerprint density at radius 2 is 1.70 bits per heavy atom. The number of benzene rings is 2. The summed E-state index contributed by atoms with van der Waals surface area (Å²) >= 11 is 0. The molecule has 30 heavy (non-hydrogen) atoms. The Bertz CT molecular complexity index is 897. The second kappa shape index (κ2) is 9.00. The lowest BCUT2D eigenvalue weighted by atomic mass is 9.80. The number of ketones is 1. The Kier molecular flexibility index (Phi) is 6.18. The number of carbonyl (C=O) groups excluding carboxylic acids is 2. The molecule has 0 spiro atoms. The molecule has 2 unspecified atom stereocenters. The molecule has 2 aromatic carbocycles. The molecule has 4 rings (SSSR count). The predicted molar refractivity (Wildman–Crippen MR) is 114 cm³/mol. The zero-order valence-electron chi connectivity index (χ0n) is 17.7. The normalized spacial score (nSPS) is 23.1. The van der Waals surface area contributed by atoms with Crippen molar-refractivity contribution in [3.05, 3.63) is 70.8 Å². The number of nitrogens with zero attached hydrogens (tertiary/aromatic N) is 1. The summed E-state index contributed by atoms with van der Waals surface area (Å²) in [5.74, 6) is 0.222. The Hall–Kier alpha value is -2.66. The fourth-order valence-electron chi connectivity index (χ4n) is 4.61. The Balaban J connectivity index is 1.39. The molecule has 0 saturated carbocycles. The predicted octanol–water partition coefficient (Wildman–Crippen LogP) is 4.23. The number of ether oxygens (including phenoxy) is 2. The third-order valence-electron chi connectivity index (χ3n) is 6.47. The topological polar surface area (TPSA) is 55.8 Å². The first kappa shape index (κ1) is 20.6. The summed E-state index contributed by atoms with van der Waals surface area (Å²) in [6.45, 7) is 5.33. The van der Waals surface area contributed by atoms with Gasteiger partial charge in [-0.25, -0.2) is 4.79 Å². The van der Waals surface area contributed by atoms with Gasteiger partial charge < -0.3 is 9.47 Å². The van der Waals surface area contributed by atoms with Gasteiger partial charge in [0.2, 0.25) is 0 Å². The summed E-state index contributed by atoms with van der Waals surface area (Å²) in [5.41, 5.74) is 4.47. The summed E-state index contributed by atoms with van der Waals surface area (Å²) < 4.78 is 11.3. The molecule has 2 saturated heterocycles. The number of hydrogen-bond acceptors (Lipinski definition) is 4. The van der Waals surface area contributed by atoms with E-state index in [4.69, 9.17) is 9.47 Å². The Morgan fingerprint density at radius 3 is 2.40 bits per heavy atom. The molecule has 2 heterocycles. The van der Waals surface area contributed by atoms with Gasteiger partial charge in [-0.15, -0.1) is 0 Å². The second-order valence-corrected chi connectivity index (χ2v) is 8.46. The number of rotatable bonds is 5. The molecule has 0 aromatic heterocycles. The minimum absolute atomic E-state index is 0.0398. The number of carbonyl (C=O) groups is 2. The van der Waals surface area contributed by atoms with Crippen LogP contribution >= 0.6 is 0 Å². The van der Waals surface area contributed by atoms with Crippen LogP contribution < -0.4 is 0 Å². The molecule has 5 heteroatoms. The molecule has 158 valence electrons. The van der Waals surface area contributed by atoms with Gasteiger partial charge in [0.15, 0.2) is 0 Å². The van der Waals surface area contributed by atoms with E-state index in [1.807, 2.05) is 47.4 Å². The third-order valence-corrected chi connectivity index (χ3v) is 6.47. The molecule has 0 radical (unpaired) electrons. The van der Waals surface area contributed by atoms with Crippen molar-refractivity contribution in [3.8, 4) is 0 Å². The molecule has 2 aliphatic rings.